The molecule has 1 amide bonds. The minimum Gasteiger partial charge on any atom is -0.373 e. The van der Waals surface area contributed by atoms with Gasteiger partial charge in [-0.3, -0.25) is 9.69 Å². The summed E-state index contributed by atoms with van der Waals surface area (Å²) in [6, 6.07) is 22.4. The molecule has 1 aliphatic heterocycles. The number of para-hydroxylation sites is 1. The van der Waals surface area contributed by atoms with Crippen molar-refractivity contribution in [2.45, 2.75) is 32.8 Å². The predicted molar refractivity (Wildman–Crippen MR) is 126 cm³/mol. The summed E-state index contributed by atoms with van der Waals surface area (Å²) >= 11 is 1.54. The van der Waals surface area contributed by atoms with E-state index in [0.717, 1.165) is 33.5 Å². The zero-order valence-electron chi connectivity index (χ0n) is 17.7. The fourth-order valence-electron chi connectivity index (χ4n) is 4.25. The van der Waals surface area contributed by atoms with Crippen molar-refractivity contribution in [3.05, 3.63) is 89.0 Å². The van der Waals surface area contributed by atoms with Crippen LogP contribution >= 0.6 is 11.3 Å². The molecule has 3 aromatic carbocycles. The van der Waals surface area contributed by atoms with Crippen LogP contribution in [-0.4, -0.2) is 17.5 Å². The predicted octanol–water partition coefficient (Wildman–Crippen LogP) is 6.28. The van der Waals surface area contributed by atoms with Gasteiger partial charge in [0.25, 0.3) is 0 Å². The van der Waals surface area contributed by atoms with Gasteiger partial charge in [-0.05, 0) is 55.2 Å². The number of rotatable bonds is 4. The lowest BCUT2D eigenvalue weighted by molar-refractivity contribution is -0.121. The zero-order chi connectivity index (χ0) is 21.4. The summed E-state index contributed by atoms with van der Waals surface area (Å²) in [5, 5.41) is 0.697. The van der Waals surface area contributed by atoms with E-state index in [2.05, 4.69) is 25.1 Å². The lowest BCUT2D eigenvalue weighted by atomic mass is 9.95. The third kappa shape index (κ3) is 3.87. The number of amides is 1. The minimum absolute atomic E-state index is 0.00675. The number of nitrogens with zero attached hydrogens (tertiary/aromatic N) is 2. The molecule has 0 bridgehead atoms. The molecular formula is C26H24N2O2S. The highest BCUT2D eigenvalue weighted by molar-refractivity contribution is 7.22. The number of carbonyl (C=O) groups is 1. The fraction of sp³-hybridized carbons (Fsp3) is 0.231. The number of ether oxygens (including phenoxy) is 1. The van der Waals surface area contributed by atoms with Crippen molar-refractivity contribution in [2.75, 3.05) is 11.5 Å². The first-order valence-electron chi connectivity index (χ1n) is 10.6. The Morgan fingerprint density at radius 1 is 1.10 bits per heavy atom. The molecule has 4 nitrogen and oxygen atoms in total. The van der Waals surface area contributed by atoms with Crippen molar-refractivity contribution in [3.8, 4) is 0 Å². The maximum absolute atomic E-state index is 13.7. The maximum Gasteiger partial charge on any atom is 0.236 e. The van der Waals surface area contributed by atoms with Crippen LogP contribution in [0, 0.1) is 13.8 Å². The van der Waals surface area contributed by atoms with E-state index in [0.29, 0.717) is 11.7 Å². The second-order valence-electron chi connectivity index (χ2n) is 8.00. The molecular weight excluding hydrogens is 404 g/mol. The molecule has 4 aromatic rings. The second kappa shape index (κ2) is 8.25. The van der Waals surface area contributed by atoms with Crippen molar-refractivity contribution < 1.29 is 9.53 Å². The Balaban J connectivity index is 1.55. The van der Waals surface area contributed by atoms with Gasteiger partial charge in [0.1, 0.15) is 0 Å². The molecule has 1 atom stereocenters. The molecule has 0 saturated carbocycles. The SMILES string of the molecule is Cc1ccc(N(C(=O)CC2OCCc3ccccc32)c2nc3ccccc3s2)c(C)c1. The summed E-state index contributed by atoms with van der Waals surface area (Å²) < 4.78 is 7.11. The number of benzene rings is 3. The monoisotopic (exact) mass is 428 g/mol. The summed E-state index contributed by atoms with van der Waals surface area (Å²) in [6.07, 6.45) is 0.930. The van der Waals surface area contributed by atoms with Crippen molar-refractivity contribution >= 4 is 38.3 Å². The van der Waals surface area contributed by atoms with Crippen LogP contribution in [0.5, 0.6) is 0 Å². The van der Waals surface area contributed by atoms with Crippen molar-refractivity contribution in [1.29, 1.82) is 0 Å². The Morgan fingerprint density at radius 2 is 1.90 bits per heavy atom. The van der Waals surface area contributed by atoms with Gasteiger partial charge in [0.2, 0.25) is 5.91 Å². The zero-order valence-corrected chi connectivity index (χ0v) is 18.5. The average Bonchev–Trinajstić information content (AvgIpc) is 3.19. The van der Waals surface area contributed by atoms with Gasteiger partial charge in [0.05, 0.1) is 35.0 Å². The van der Waals surface area contributed by atoms with E-state index in [9.17, 15) is 4.79 Å². The lowest BCUT2D eigenvalue weighted by Gasteiger charge is -2.28. The molecule has 1 aromatic heterocycles. The van der Waals surface area contributed by atoms with Crippen molar-refractivity contribution in [3.63, 3.8) is 0 Å². The Labute approximate surface area is 186 Å². The number of fused-ring (bicyclic) bond motifs is 2. The number of aromatic nitrogens is 1. The van der Waals surface area contributed by atoms with Crippen LogP contribution in [-0.2, 0) is 16.0 Å². The van der Waals surface area contributed by atoms with E-state index in [1.165, 1.54) is 11.1 Å². The summed E-state index contributed by atoms with van der Waals surface area (Å²) in [6.45, 7) is 4.75. The van der Waals surface area contributed by atoms with Gasteiger partial charge < -0.3 is 4.74 Å². The highest BCUT2D eigenvalue weighted by Crippen LogP contribution is 2.38. The van der Waals surface area contributed by atoms with Gasteiger partial charge in [-0.25, -0.2) is 4.98 Å². The Morgan fingerprint density at radius 3 is 2.74 bits per heavy atom. The number of thiazole rings is 1. The van der Waals surface area contributed by atoms with E-state index in [-0.39, 0.29) is 18.4 Å². The topological polar surface area (TPSA) is 42.4 Å². The Hall–Kier alpha value is -3.02. The Kier molecular flexibility index (Phi) is 5.30. The molecule has 0 spiro atoms. The normalized spacial score (nSPS) is 15.6. The van der Waals surface area contributed by atoms with Crippen molar-refractivity contribution in [2.24, 2.45) is 0 Å². The van der Waals surface area contributed by atoms with Crippen LogP contribution in [0.3, 0.4) is 0 Å². The number of aryl methyl sites for hydroxylation is 2. The lowest BCUT2D eigenvalue weighted by Crippen LogP contribution is -2.30. The second-order valence-corrected chi connectivity index (χ2v) is 9.00. The van der Waals surface area contributed by atoms with Gasteiger partial charge in [0, 0.05) is 0 Å². The fourth-order valence-corrected chi connectivity index (χ4v) is 5.25. The molecule has 0 N–H and O–H groups in total. The van der Waals surface area contributed by atoms with Gasteiger partial charge >= 0.3 is 0 Å². The first kappa shape index (κ1) is 19.9. The number of anilines is 2. The quantitative estimate of drug-likeness (QED) is 0.384. The molecule has 0 saturated heterocycles. The van der Waals surface area contributed by atoms with E-state index in [1.807, 2.05) is 55.5 Å². The van der Waals surface area contributed by atoms with E-state index >= 15 is 0 Å². The number of hydrogen-bond donors (Lipinski definition) is 0. The highest BCUT2D eigenvalue weighted by Gasteiger charge is 2.29. The van der Waals surface area contributed by atoms with Crippen LogP contribution in [0.25, 0.3) is 10.2 Å². The first-order chi connectivity index (χ1) is 15.1. The average molecular weight is 429 g/mol. The Bertz CT molecular complexity index is 1230. The van der Waals surface area contributed by atoms with Crippen LogP contribution < -0.4 is 4.90 Å². The van der Waals surface area contributed by atoms with E-state index < -0.39 is 0 Å². The molecule has 0 fully saturated rings. The van der Waals surface area contributed by atoms with Gasteiger partial charge in [-0.2, -0.15) is 0 Å². The largest absolute Gasteiger partial charge is 0.373 e. The smallest absolute Gasteiger partial charge is 0.236 e. The molecule has 1 unspecified atom stereocenters. The third-order valence-electron chi connectivity index (χ3n) is 5.77. The van der Waals surface area contributed by atoms with E-state index in [4.69, 9.17) is 9.72 Å². The van der Waals surface area contributed by atoms with Crippen LogP contribution in [0.15, 0.2) is 66.7 Å². The number of carbonyl (C=O) groups excluding carboxylic acids is 1. The van der Waals surface area contributed by atoms with E-state index in [1.54, 1.807) is 16.2 Å². The molecule has 156 valence electrons. The van der Waals surface area contributed by atoms with Crippen LogP contribution in [0.2, 0.25) is 0 Å². The van der Waals surface area contributed by atoms with Crippen LogP contribution in [0.4, 0.5) is 10.8 Å². The summed E-state index contributed by atoms with van der Waals surface area (Å²) in [4.78, 5) is 20.3. The first-order valence-corrected chi connectivity index (χ1v) is 11.4. The highest BCUT2D eigenvalue weighted by atomic mass is 32.1. The number of hydrogen-bond acceptors (Lipinski definition) is 4. The molecule has 0 aliphatic carbocycles. The van der Waals surface area contributed by atoms with Gasteiger partial charge in [0.15, 0.2) is 5.13 Å². The molecule has 5 rings (SSSR count). The van der Waals surface area contributed by atoms with Crippen molar-refractivity contribution in [1.82, 2.24) is 4.98 Å². The molecule has 5 heteroatoms. The molecule has 31 heavy (non-hydrogen) atoms. The van der Waals surface area contributed by atoms with Gasteiger partial charge in [-0.15, -0.1) is 0 Å². The molecule has 2 heterocycles. The summed E-state index contributed by atoms with van der Waals surface area (Å²) in [7, 11) is 0. The third-order valence-corrected chi connectivity index (χ3v) is 6.79. The van der Waals surface area contributed by atoms with Gasteiger partial charge in [-0.1, -0.05) is 65.4 Å². The minimum atomic E-state index is -0.236. The standard InChI is InChI=1S/C26H24N2O2S/c1-17-11-12-22(18(2)15-17)28(26-27-21-9-5-6-10-24(21)31-26)25(29)16-23-20-8-4-3-7-19(20)13-14-30-23/h3-12,15,23H,13-14,16H2,1-2H3. The summed E-state index contributed by atoms with van der Waals surface area (Å²) in [5.74, 6) is -0.00675. The maximum atomic E-state index is 13.7. The molecule has 0 radical (unpaired) electrons. The molecule has 1 aliphatic rings. The summed E-state index contributed by atoms with van der Waals surface area (Å²) in [5.41, 5.74) is 6.39. The van der Waals surface area contributed by atoms with Crippen LogP contribution in [0.1, 0.15) is 34.8 Å².